The lowest BCUT2D eigenvalue weighted by atomic mass is 10.1. The van der Waals surface area contributed by atoms with Crippen molar-refractivity contribution in [2.24, 2.45) is 0 Å². The first-order valence-corrected chi connectivity index (χ1v) is 10.1. The second-order valence-corrected chi connectivity index (χ2v) is 7.00. The number of hydrogen-bond donors (Lipinski definition) is 1. The molecule has 1 N–H and O–H groups in total. The normalized spacial score (nSPS) is 10.5. The predicted molar refractivity (Wildman–Crippen MR) is 118 cm³/mol. The highest BCUT2D eigenvalue weighted by Crippen LogP contribution is 2.33. The van der Waals surface area contributed by atoms with Crippen molar-refractivity contribution in [3.05, 3.63) is 88.2 Å². The number of anilines is 1. The first-order valence-electron chi connectivity index (χ1n) is 9.76. The third-order valence-corrected chi connectivity index (χ3v) is 4.94. The molecule has 0 saturated carbocycles. The number of nitrogens with one attached hydrogen (secondary N) is 1. The smallest absolute Gasteiger partial charge is 0.338 e. The van der Waals surface area contributed by atoms with E-state index in [1.165, 1.54) is 6.07 Å². The van der Waals surface area contributed by atoms with Crippen LogP contribution in [0.1, 0.15) is 28.4 Å². The quantitative estimate of drug-likeness (QED) is 0.420. The Bertz CT molecular complexity index is 1020. The predicted octanol–water partition coefficient (Wildman–Crippen LogP) is 5.86. The Kier molecular flexibility index (Phi) is 7.73. The number of para-hydroxylation sites is 1. The molecule has 0 aromatic heterocycles. The number of ether oxygens (including phenoxy) is 3. The van der Waals surface area contributed by atoms with Gasteiger partial charge in [0.2, 0.25) is 0 Å². The van der Waals surface area contributed by atoms with Gasteiger partial charge in [-0.25, -0.2) is 9.18 Å². The van der Waals surface area contributed by atoms with Crippen LogP contribution in [-0.2, 0) is 17.9 Å². The van der Waals surface area contributed by atoms with Crippen LogP contribution >= 0.6 is 11.6 Å². The second kappa shape index (κ2) is 10.7. The van der Waals surface area contributed by atoms with E-state index < -0.39 is 5.82 Å². The molecule has 3 aromatic rings. The van der Waals surface area contributed by atoms with Crippen LogP contribution in [0.3, 0.4) is 0 Å². The van der Waals surface area contributed by atoms with Crippen LogP contribution in [0, 0.1) is 5.82 Å². The van der Waals surface area contributed by atoms with Gasteiger partial charge in [0.15, 0.2) is 11.5 Å². The first-order chi connectivity index (χ1) is 15.0. The molecule has 0 saturated heterocycles. The Labute approximate surface area is 185 Å². The molecule has 3 aromatic carbocycles. The SMILES string of the molecule is CCOC(=O)c1ccc(NCc2cccc(OC)c2OCc2c(F)cccc2Cl)cc1. The van der Waals surface area contributed by atoms with Gasteiger partial charge in [-0.1, -0.05) is 29.8 Å². The summed E-state index contributed by atoms with van der Waals surface area (Å²) in [5, 5.41) is 3.59. The van der Waals surface area contributed by atoms with E-state index in [4.69, 9.17) is 25.8 Å². The van der Waals surface area contributed by atoms with Crippen molar-refractivity contribution in [2.45, 2.75) is 20.1 Å². The molecular weight excluding hydrogens is 421 g/mol. The van der Waals surface area contributed by atoms with Gasteiger partial charge in [-0.3, -0.25) is 0 Å². The summed E-state index contributed by atoms with van der Waals surface area (Å²) in [4.78, 5) is 11.8. The van der Waals surface area contributed by atoms with Gasteiger partial charge in [0.05, 0.1) is 24.3 Å². The number of carbonyl (C=O) groups excluding carboxylic acids is 1. The number of benzene rings is 3. The molecule has 0 aliphatic carbocycles. The highest BCUT2D eigenvalue weighted by Gasteiger charge is 2.14. The van der Waals surface area contributed by atoms with Crippen molar-refractivity contribution in [3.63, 3.8) is 0 Å². The number of hydrogen-bond acceptors (Lipinski definition) is 5. The summed E-state index contributed by atoms with van der Waals surface area (Å²) in [5.74, 6) is 0.248. The van der Waals surface area contributed by atoms with E-state index in [1.807, 2.05) is 12.1 Å². The highest BCUT2D eigenvalue weighted by atomic mass is 35.5. The van der Waals surface area contributed by atoms with Crippen LogP contribution in [0.25, 0.3) is 0 Å². The van der Waals surface area contributed by atoms with Crippen LogP contribution in [-0.4, -0.2) is 19.7 Å². The minimum Gasteiger partial charge on any atom is -0.493 e. The number of rotatable bonds is 9. The maximum Gasteiger partial charge on any atom is 0.338 e. The number of carbonyl (C=O) groups is 1. The molecule has 0 aliphatic heterocycles. The summed E-state index contributed by atoms with van der Waals surface area (Å²) < 4.78 is 30.4. The van der Waals surface area contributed by atoms with Crippen molar-refractivity contribution in [1.82, 2.24) is 0 Å². The van der Waals surface area contributed by atoms with E-state index in [0.29, 0.717) is 35.2 Å². The molecule has 5 nitrogen and oxygen atoms in total. The molecule has 0 spiro atoms. The van der Waals surface area contributed by atoms with Gasteiger partial charge in [-0.05, 0) is 49.4 Å². The summed E-state index contributed by atoms with van der Waals surface area (Å²) in [6, 6.07) is 17.0. The fraction of sp³-hybridized carbons (Fsp3) is 0.208. The monoisotopic (exact) mass is 443 g/mol. The van der Waals surface area contributed by atoms with Gasteiger partial charge in [0, 0.05) is 23.4 Å². The summed E-state index contributed by atoms with van der Waals surface area (Å²) in [6.07, 6.45) is 0. The molecule has 0 unspecified atom stereocenters. The molecule has 0 radical (unpaired) electrons. The molecule has 3 rings (SSSR count). The van der Waals surface area contributed by atoms with Crippen LogP contribution in [0.5, 0.6) is 11.5 Å². The minimum absolute atomic E-state index is 0.0346. The molecule has 0 fully saturated rings. The lowest BCUT2D eigenvalue weighted by Crippen LogP contribution is -2.07. The fourth-order valence-electron chi connectivity index (χ4n) is 2.98. The Morgan fingerprint density at radius 1 is 1.06 bits per heavy atom. The van der Waals surface area contributed by atoms with Crippen LogP contribution in [0.15, 0.2) is 60.7 Å². The van der Waals surface area contributed by atoms with Crippen molar-refractivity contribution in [2.75, 3.05) is 19.0 Å². The average molecular weight is 444 g/mol. The van der Waals surface area contributed by atoms with Crippen LogP contribution in [0.4, 0.5) is 10.1 Å². The van der Waals surface area contributed by atoms with Gasteiger partial charge in [0.1, 0.15) is 12.4 Å². The van der Waals surface area contributed by atoms with E-state index in [1.54, 1.807) is 56.5 Å². The highest BCUT2D eigenvalue weighted by molar-refractivity contribution is 6.31. The molecule has 0 aliphatic rings. The summed E-state index contributed by atoms with van der Waals surface area (Å²) in [5.41, 5.74) is 2.41. The van der Waals surface area contributed by atoms with Crippen molar-refractivity contribution >= 4 is 23.3 Å². The van der Waals surface area contributed by atoms with Gasteiger partial charge in [0.25, 0.3) is 0 Å². The fourth-order valence-corrected chi connectivity index (χ4v) is 3.19. The summed E-state index contributed by atoms with van der Waals surface area (Å²) in [7, 11) is 1.55. The van der Waals surface area contributed by atoms with Crippen molar-refractivity contribution in [3.8, 4) is 11.5 Å². The molecule has 0 amide bonds. The number of methoxy groups -OCH3 is 1. The van der Waals surface area contributed by atoms with E-state index in [-0.39, 0.29) is 18.1 Å². The van der Waals surface area contributed by atoms with E-state index in [9.17, 15) is 9.18 Å². The van der Waals surface area contributed by atoms with E-state index in [2.05, 4.69) is 5.32 Å². The van der Waals surface area contributed by atoms with Crippen LogP contribution < -0.4 is 14.8 Å². The van der Waals surface area contributed by atoms with E-state index >= 15 is 0 Å². The molecule has 0 heterocycles. The maximum absolute atomic E-state index is 14.1. The Morgan fingerprint density at radius 2 is 1.81 bits per heavy atom. The third kappa shape index (κ3) is 5.67. The zero-order valence-corrected chi connectivity index (χ0v) is 18.0. The molecular formula is C24H23ClFNO4. The first kappa shape index (κ1) is 22.4. The Morgan fingerprint density at radius 3 is 2.48 bits per heavy atom. The topological polar surface area (TPSA) is 56.8 Å². The lowest BCUT2D eigenvalue weighted by Gasteiger charge is -2.17. The number of halogens is 2. The molecule has 0 bridgehead atoms. The molecule has 162 valence electrons. The van der Waals surface area contributed by atoms with Gasteiger partial charge in [-0.15, -0.1) is 0 Å². The van der Waals surface area contributed by atoms with Crippen molar-refractivity contribution in [1.29, 1.82) is 0 Å². The number of esters is 1. The largest absolute Gasteiger partial charge is 0.493 e. The molecule has 0 atom stereocenters. The third-order valence-electron chi connectivity index (χ3n) is 4.58. The second-order valence-electron chi connectivity index (χ2n) is 6.59. The summed E-state index contributed by atoms with van der Waals surface area (Å²) in [6.45, 7) is 2.49. The minimum atomic E-state index is -0.427. The van der Waals surface area contributed by atoms with Gasteiger partial charge < -0.3 is 19.5 Å². The Balaban J connectivity index is 1.74. The van der Waals surface area contributed by atoms with Gasteiger partial charge >= 0.3 is 5.97 Å². The Hall–Kier alpha value is -3.25. The molecule has 31 heavy (non-hydrogen) atoms. The zero-order chi connectivity index (χ0) is 22.2. The average Bonchev–Trinajstić information content (AvgIpc) is 2.78. The van der Waals surface area contributed by atoms with E-state index in [0.717, 1.165) is 11.3 Å². The lowest BCUT2D eigenvalue weighted by molar-refractivity contribution is 0.0526. The van der Waals surface area contributed by atoms with Gasteiger partial charge in [-0.2, -0.15) is 0 Å². The van der Waals surface area contributed by atoms with Crippen LogP contribution in [0.2, 0.25) is 5.02 Å². The summed E-state index contributed by atoms with van der Waals surface area (Å²) >= 11 is 6.11. The van der Waals surface area contributed by atoms with Crippen molar-refractivity contribution < 1.29 is 23.4 Å². The molecule has 7 heteroatoms. The zero-order valence-electron chi connectivity index (χ0n) is 17.3. The maximum atomic E-state index is 14.1. The standard InChI is InChI=1S/C24H23ClFNO4/c1-3-30-24(28)16-10-12-18(13-11-16)27-14-17-6-4-9-22(29-2)23(17)31-15-19-20(25)7-5-8-21(19)26/h4-13,27H,3,14-15H2,1-2H3.